The van der Waals surface area contributed by atoms with Crippen molar-refractivity contribution in [3.63, 3.8) is 0 Å². The summed E-state index contributed by atoms with van der Waals surface area (Å²) < 4.78 is 2.92. The number of carbonyl (C=O) groups is 2. The summed E-state index contributed by atoms with van der Waals surface area (Å²) in [7, 11) is 0. The first-order valence-corrected chi connectivity index (χ1v) is 9.18. The van der Waals surface area contributed by atoms with Gasteiger partial charge in [-0.05, 0) is 23.8 Å². The summed E-state index contributed by atoms with van der Waals surface area (Å²) in [6, 6.07) is 6.61. The summed E-state index contributed by atoms with van der Waals surface area (Å²) in [5.41, 5.74) is 0.914. The summed E-state index contributed by atoms with van der Waals surface area (Å²) in [4.78, 5) is 22.9. The summed E-state index contributed by atoms with van der Waals surface area (Å²) >= 11 is 18.2. The van der Waals surface area contributed by atoms with Gasteiger partial charge in [-0.15, -0.1) is 0 Å². The number of carboxylic acids is 1. The van der Waals surface area contributed by atoms with Gasteiger partial charge < -0.3 is 10.4 Å². The van der Waals surface area contributed by atoms with Crippen LogP contribution in [0.1, 0.15) is 22.5 Å². The van der Waals surface area contributed by atoms with Crippen LogP contribution in [-0.4, -0.2) is 36.5 Å². The van der Waals surface area contributed by atoms with Gasteiger partial charge in [0.2, 0.25) is 0 Å². The number of aliphatic carboxylic acids is 1. The van der Waals surface area contributed by atoms with E-state index in [1.54, 1.807) is 29.1 Å². The van der Waals surface area contributed by atoms with E-state index >= 15 is 0 Å². The molecule has 11 heteroatoms. The average Bonchev–Trinajstić information content (AvgIpc) is 3.23. The van der Waals surface area contributed by atoms with E-state index < -0.39 is 11.9 Å². The molecule has 1 aromatic carbocycles. The number of aromatic nitrogens is 4. The number of rotatable bonds is 7. The number of nitrogens with one attached hydrogen (secondary N) is 1. The Kier molecular flexibility index (Phi) is 6.23. The smallest absolute Gasteiger partial charge is 0.305 e. The van der Waals surface area contributed by atoms with Gasteiger partial charge in [0.15, 0.2) is 11.5 Å². The predicted molar refractivity (Wildman–Crippen MR) is 105 cm³/mol. The zero-order valence-electron chi connectivity index (χ0n) is 14.3. The molecule has 0 aliphatic heterocycles. The fourth-order valence-electron chi connectivity index (χ4n) is 2.38. The second-order valence-electron chi connectivity index (χ2n) is 5.82. The number of nitrogens with zero attached hydrogens (tertiary/aromatic N) is 4. The van der Waals surface area contributed by atoms with Crippen LogP contribution in [0.2, 0.25) is 15.1 Å². The third-order valence-corrected chi connectivity index (χ3v) is 4.59. The van der Waals surface area contributed by atoms with Gasteiger partial charge in [0.05, 0.1) is 19.5 Å². The van der Waals surface area contributed by atoms with Crippen LogP contribution in [0.3, 0.4) is 0 Å². The summed E-state index contributed by atoms with van der Waals surface area (Å²) in [6.07, 6.45) is 3.00. The van der Waals surface area contributed by atoms with Crippen molar-refractivity contribution < 1.29 is 14.7 Å². The van der Waals surface area contributed by atoms with Crippen molar-refractivity contribution in [3.8, 4) is 0 Å². The maximum atomic E-state index is 12.3. The Labute approximate surface area is 174 Å². The molecule has 3 rings (SSSR count). The Morgan fingerprint density at radius 2 is 1.86 bits per heavy atom. The first kappa shape index (κ1) is 20.2. The van der Waals surface area contributed by atoms with Gasteiger partial charge in [0, 0.05) is 22.4 Å². The molecule has 8 nitrogen and oxygen atoms in total. The van der Waals surface area contributed by atoms with E-state index in [-0.39, 0.29) is 29.5 Å². The molecule has 0 fully saturated rings. The quantitative estimate of drug-likeness (QED) is 0.579. The van der Waals surface area contributed by atoms with Gasteiger partial charge in [-0.25, -0.2) is 0 Å². The molecule has 0 spiro atoms. The van der Waals surface area contributed by atoms with Crippen molar-refractivity contribution in [2.75, 3.05) is 5.32 Å². The van der Waals surface area contributed by atoms with E-state index in [1.165, 1.54) is 16.9 Å². The highest BCUT2D eigenvalue weighted by Crippen LogP contribution is 2.24. The third-order valence-electron chi connectivity index (χ3n) is 3.72. The lowest BCUT2D eigenvalue weighted by Crippen LogP contribution is -2.15. The number of hydrogen-bond acceptors (Lipinski definition) is 4. The predicted octanol–water partition coefficient (Wildman–Crippen LogP) is 3.82. The van der Waals surface area contributed by atoms with Crippen LogP contribution in [0.25, 0.3) is 0 Å². The monoisotopic (exact) mass is 441 g/mol. The number of hydrogen-bond donors (Lipinski definition) is 2. The molecule has 0 atom stereocenters. The second-order valence-corrected chi connectivity index (χ2v) is 7.07. The van der Waals surface area contributed by atoms with Crippen LogP contribution in [0.4, 0.5) is 5.82 Å². The molecule has 1 amide bonds. The molecule has 2 aromatic heterocycles. The maximum Gasteiger partial charge on any atom is 0.305 e. The molecule has 0 saturated heterocycles. The number of anilines is 1. The van der Waals surface area contributed by atoms with Crippen molar-refractivity contribution in [2.24, 2.45) is 0 Å². The van der Waals surface area contributed by atoms with Crippen molar-refractivity contribution in [1.29, 1.82) is 0 Å². The minimum atomic E-state index is -0.945. The van der Waals surface area contributed by atoms with Crippen molar-refractivity contribution in [1.82, 2.24) is 19.6 Å². The highest BCUT2D eigenvalue weighted by atomic mass is 35.5. The molecule has 2 heterocycles. The van der Waals surface area contributed by atoms with Gasteiger partial charge in [0.1, 0.15) is 5.02 Å². The number of carbonyl (C=O) groups excluding carboxylic acids is 1. The molecule has 146 valence electrons. The minimum Gasteiger partial charge on any atom is -0.481 e. The molecule has 0 saturated carbocycles. The molecule has 0 unspecified atom stereocenters. The number of benzene rings is 1. The van der Waals surface area contributed by atoms with E-state index in [1.807, 2.05) is 0 Å². The molecule has 2 N–H and O–H groups in total. The Bertz CT molecular complexity index is 1030. The minimum absolute atomic E-state index is 0.0910. The van der Waals surface area contributed by atoms with Crippen LogP contribution >= 0.6 is 34.8 Å². The van der Waals surface area contributed by atoms with Crippen LogP contribution in [-0.2, 0) is 17.9 Å². The lowest BCUT2D eigenvalue weighted by atomic mass is 10.2. The Hall–Kier alpha value is -2.55. The lowest BCUT2D eigenvalue weighted by Gasteiger charge is -2.05. The van der Waals surface area contributed by atoms with Crippen molar-refractivity contribution in [3.05, 3.63) is 63.0 Å². The van der Waals surface area contributed by atoms with E-state index in [0.717, 1.165) is 5.56 Å². The molecule has 3 aromatic rings. The highest BCUT2D eigenvalue weighted by molar-refractivity contribution is 6.35. The molecular weight excluding hydrogens is 429 g/mol. The molecule has 0 aliphatic rings. The number of carboxylic acid groups (broad SMARTS) is 1. The summed E-state index contributed by atoms with van der Waals surface area (Å²) in [5.74, 6) is -1.28. The van der Waals surface area contributed by atoms with Gasteiger partial charge in [-0.3, -0.25) is 19.0 Å². The van der Waals surface area contributed by atoms with Crippen molar-refractivity contribution >= 4 is 52.5 Å². The Morgan fingerprint density at radius 1 is 1.07 bits per heavy atom. The average molecular weight is 443 g/mol. The number of amides is 1. The fraction of sp³-hybridized carbons (Fsp3) is 0.176. The maximum absolute atomic E-state index is 12.3. The second kappa shape index (κ2) is 8.64. The van der Waals surface area contributed by atoms with E-state index in [0.29, 0.717) is 16.6 Å². The summed E-state index contributed by atoms with van der Waals surface area (Å²) in [6.45, 7) is 0.509. The highest BCUT2D eigenvalue weighted by Gasteiger charge is 2.15. The lowest BCUT2D eigenvalue weighted by molar-refractivity contribution is -0.137. The standard InChI is InChI=1S/C17H14Cl3N5O3/c18-11-2-1-10(12(19)7-11)8-25-9-13(20)16(23-25)21-17(28)14-3-5-24(22-14)6-4-15(26)27/h1-3,5,7,9H,4,6,8H2,(H,26,27)(H,21,23,28). The van der Waals surface area contributed by atoms with Crippen LogP contribution in [0, 0.1) is 0 Å². The zero-order valence-corrected chi connectivity index (χ0v) is 16.5. The van der Waals surface area contributed by atoms with Crippen LogP contribution in [0.15, 0.2) is 36.7 Å². The van der Waals surface area contributed by atoms with Crippen molar-refractivity contribution in [2.45, 2.75) is 19.5 Å². The van der Waals surface area contributed by atoms with Crippen LogP contribution < -0.4 is 5.32 Å². The molecule has 28 heavy (non-hydrogen) atoms. The first-order chi connectivity index (χ1) is 13.3. The first-order valence-electron chi connectivity index (χ1n) is 8.05. The molecule has 0 radical (unpaired) electrons. The zero-order chi connectivity index (χ0) is 20.3. The van der Waals surface area contributed by atoms with Gasteiger partial charge in [-0.1, -0.05) is 40.9 Å². The van der Waals surface area contributed by atoms with E-state index in [4.69, 9.17) is 39.9 Å². The van der Waals surface area contributed by atoms with Gasteiger partial charge >= 0.3 is 5.97 Å². The van der Waals surface area contributed by atoms with E-state index in [2.05, 4.69) is 15.5 Å². The SMILES string of the molecule is O=C(O)CCn1ccc(C(=O)Nc2nn(Cc3ccc(Cl)cc3Cl)cc2Cl)n1. The third kappa shape index (κ3) is 5.03. The normalized spacial score (nSPS) is 10.8. The molecule has 0 aliphatic carbocycles. The molecule has 0 bridgehead atoms. The number of halogens is 3. The van der Waals surface area contributed by atoms with E-state index in [9.17, 15) is 9.59 Å². The Morgan fingerprint density at radius 3 is 2.57 bits per heavy atom. The Balaban J connectivity index is 1.68. The number of aryl methyl sites for hydroxylation is 1. The van der Waals surface area contributed by atoms with Gasteiger partial charge in [0.25, 0.3) is 5.91 Å². The molecular formula is C17H14Cl3N5O3. The van der Waals surface area contributed by atoms with Crippen LogP contribution in [0.5, 0.6) is 0 Å². The largest absolute Gasteiger partial charge is 0.481 e. The topological polar surface area (TPSA) is 102 Å². The summed E-state index contributed by atoms with van der Waals surface area (Å²) in [5, 5.41) is 20.8. The van der Waals surface area contributed by atoms with Gasteiger partial charge in [-0.2, -0.15) is 10.2 Å². The fourth-order valence-corrected chi connectivity index (χ4v) is 3.04.